The lowest BCUT2D eigenvalue weighted by atomic mass is 10.2. The van der Waals surface area contributed by atoms with Crippen LogP contribution in [0.4, 0.5) is 0 Å². The first-order valence-electron chi connectivity index (χ1n) is 6.66. The minimum absolute atomic E-state index is 0.0270. The molecule has 1 saturated heterocycles. The quantitative estimate of drug-likeness (QED) is 0.857. The molecule has 0 spiro atoms. The van der Waals surface area contributed by atoms with Crippen LogP contribution >= 0.6 is 11.8 Å². The highest BCUT2D eigenvalue weighted by Gasteiger charge is 2.34. The summed E-state index contributed by atoms with van der Waals surface area (Å²) in [5.41, 5.74) is 3.19. The zero-order chi connectivity index (χ0) is 13.5. The van der Waals surface area contributed by atoms with Gasteiger partial charge in [-0.15, -0.1) is 22.0 Å². The molecule has 1 aliphatic heterocycles. The Morgan fingerprint density at radius 3 is 3.20 bits per heavy atom. The van der Waals surface area contributed by atoms with Gasteiger partial charge in [0, 0.05) is 11.4 Å². The van der Waals surface area contributed by atoms with E-state index in [1.54, 1.807) is 11.8 Å². The number of aryl methyl sites for hydroxylation is 2. The fraction of sp³-hybridized carbons (Fsp3) is 0.500. The Balaban J connectivity index is 1.60. The van der Waals surface area contributed by atoms with Crippen molar-refractivity contribution in [3.8, 4) is 0 Å². The van der Waals surface area contributed by atoms with Gasteiger partial charge in [-0.05, 0) is 30.9 Å². The number of fused-ring (bicyclic) bond motifs is 1. The molecular formula is C12H14N6OS. The molecular weight excluding hydrogens is 276 g/mol. The van der Waals surface area contributed by atoms with Gasteiger partial charge < -0.3 is 9.88 Å². The molecule has 0 bridgehead atoms. The summed E-state index contributed by atoms with van der Waals surface area (Å²) in [5.74, 6) is 2.09. The van der Waals surface area contributed by atoms with Crippen LogP contribution < -0.4 is 0 Å². The average Bonchev–Trinajstić information content (AvgIpc) is 3.19. The summed E-state index contributed by atoms with van der Waals surface area (Å²) in [7, 11) is 0. The normalized spacial score (nSPS) is 21.4. The lowest BCUT2D eigenvalue weighted by molar-refractivity contribution is 0.0736. The van der Waals surface area contributed by atoms with E-state index >= 15 is 0 Å². The predicted molar refractivity (Wildman–Crippen MR) is 73.2 cm³/mol. The zero-order valence-electron chi connectivity index (χ0n) is 10.8. The van der Waals surface area contributed by atoms with Crippen molar-refractivity contribution in [3.05, 3.63) is 28.8 Å². The summed E-state index contributed by atoms with van der Waals surface area (Å²) < 4.78 is 0. The van der Waals surface area contributed by atoms with Gasteiger partial charge in [0.25, 0.3) is 5.91 Å². The van der Waals surface area contributed by atoms with E-state index in [1.807, 2.05) is 11.0 Å². The van der Waals surface area contributed by atoms with Gasteiger partial charge in [-0.3, -0.25) is 4.79 Å². The van der Waals surface area contributed by atoms with Gasteiger partial charge in [-0.1, -0.05) is 5.21 Å². The number of thioether (sulfide) groups is 1. The second kappa shape index (κ2) is 4.62. The highest BCUT2D eigenvalue weighted by atomic mass is 32.2. The lowest BCUT2D eigenvalue weighted by Crippen LogP contribution is -2.32. The summed E-state index contributed by atoms with van der Waals surface area (Å²) in [5, 5.41) is 14.1. The minimum Gasteiger partial charge on any atom is -0.354 e. The Hall–Kier alpha value is -1.83. The number of rotatable bonds is 2. The summed E-state index contributed by atoms with van der Waals surface area (Å²) in [6.45, 7) is 0. The van der Waals surface area contributed by atoms with Crippen molar-refractivity contribution in [1.29, 1.82) is 0 Å². The van der Waals surface area contributed by atoms with Crippen molar-refractivity contribution in [1.82, 2.24) is 30.5 Å². The third kappa shape index (κ3) is 1.82. The molecule has 0 aromatic carbocycles. The summed E-state index contributed by atoms with van der Waals surface area (Å²) in [4.78, 5) is 17.7. The molecule has 8 heteroatoms. The number of hydrogen-bond acceptors (Lipinski definition) is 5. The van der Waals surface area contributed by atoms with Crippen molar-refractivity contribution in [2.24, 2.45) is 0 Å². The first-order chi connectivity index (χ1) is 9.83. The van der Waals surface area contributed by atoms with Crippen LogP contribution in [0.25, 0.3) is 0 Å². The Morgan fingerprint density at radius 2 is 2.40 bits per heavy atom. The zero-order valence-corrected chi connectivity index (χ0v) is 11.6. The van der Waals surface area contributed by atoms with E-state index in [1.165, 1.54) is 17.7 Å². The molecule has 2 aromatic heterocycles. The second-order valence-corrected chi connectivity index (χ2v) is 6.10. The standard InChI is InChI=1S/C12H14N6OS/c19-12(9-4-7-2-1-3-8(7)13-9)18-6-20-5-10(18)11-14-16-17-15-11/h4,10,13H,1-3,5-6H2,(H,14,15,16,17). The first kappa shape index (κ1) is 12.0. The molecule has 1 amide bonds. The Labute approximate surface area is 119 Å². The van der Waals surface area contributed by atoms with E-state index in [0.29, 0.717) is 17.4 Å². The molecule has 1 atom stereocenters. The number of H-pyrrole nitrogens is 2. The van der Waals surface area contributed by atoms with Crippen molar-refractivity contribution >= 4 is 17.7 Å². The topological polar surface area (TPSA) is 90.6 Å². The van der Waals surface area contributed by atoms with Gasteiger partial charge in [0.2, 0.25) is 0 Å². The number of carbonyl (C=O) groups is 1. The number of aromatic amines is 2. The van der Waals surface area contributed by atoms with Crippen LogP contribution in [0.2, 0.25) is 0 Å². The largest absolute Gasteiger partial charge is 0.354 e. The molecule has 2 aliphatic rings. The monoisotopic (exact) mass is 290 g/mol. The molecule has 104 valence electrons. The van der Waals surface area contributed by atoms with E-state index in [-0.39, 0.29) is 11.9 Å². The summed E-state index contributed by atoms with van der Waals surface area (Å²) >= 11 is 1.71. The summed E-state index contributed by atoms with van der Waals surface area (Å²) in [6.07, 6.45) is 3.30. The van der Waals surface area contributed by atoms with E-state index in [2.05, 4.69) is 25.6 Å². The van der Waals surface area contributed by atoms with Crippen molar-refractivity contribution in [2.45, 2.75) is 25.3 Å². The number of hydrogen-bond donors (Lipinski definition) is 2. The Morgan fingerprint density at radius 1 is 1.45 bits per heavy atom. The second-order valence-electron chi connectivity index (χ2n) is 5.10. The number of nitrogens with one attached hydrogen (secondary N) is 2. The number of aromatic nitrogens is 5. The number of amides is 1. The van der Waals surface area contributed by atoms with Crippen LogP contribution in [-0.4, -0.2) is 48.0 Å². The molecule has 4 rings (SSSR count). The minimum atomic E-state index is -0.0932. The highest BCUT2D eigenvalue weighted by molar-refractivity contribution is 7.99. The van der Waals surface area contributed by atoms with Crippen molar-refractivity contribution in [2.75, 3.05) is 11.6 Å². The molecule has 0 saturated carbocycles. The maximum absolute atomic E-state index is 12.7. The molecule has 20 heavy (non-hydrogen) atoms. The van der Waals surface area contributed by atoms with E-state index in [0.717, 1.165) is 18.6 Å². The number of tetrazole rings is 1. The summed E-state index contributed by atoms with van der Waals surface area (Å²) in [6, 6.07) is 1.91. The van der Waals surface area contributed by atoms with Gasteiger partial charge >= 0.3 is 0 Å². The Kier molecular flexibility index (Phi) is 2.76. The molecule has 1 aliphatic carbocycles. The third-order valence-electron chi connectivity index (χ3n) is 3.90. The Bertz CT molecular complexity index is 615. The molecule has 3 heterocycles. The smallest absolute Gasteiger partial charge is 0.271 e. The third-order valence-corrected chi connectivity index (χ3v) is 4.91. The van der Waals surface area contributed by atoms with Crippen LogP contribution in [0.3, 0.4) is 0 Å². The van der Waals surface area contributed by atoms with E-state index in [9.17, 15) is 4.79 Å². The molecule has 7 nitrogen and oxygen atoms in total. The van der Waals surface area contributed by atoms with Crippen LogP contribution in [0, 0.1) is 0 Å². The van der Waals surface area contributed by atoms with Gasteiger partial charge in [-0.25, -0.2) is 0 Å². The van der Waals surface area contributed by atoms with Crippen LogP contribution in [-0.2, 0) is 12.8 Å². The molecule has 2 N–H and O–H groups in total. The predicted octanol–water partition coefficient (Wildman–Crippen LogP) is 0.904. The van der Waals surface area contributed by atoms with Gasteiger partial charge in [0.15, 0.2) is 5.82 Å². The first-order valence-corrected chi connectivity index (χ1v) is 7.81. The maximum Gasteiger partial charge on any atom is 0.271 e. The molecule has 1 fully saturated rings. The van der Waals surface area contributed by atoms with E-state index < -0.39 is 0 Å². The van der Waals surface area contributed by atoms with Gasteiger partial charge in [0.1, 0.15) is 11.7 Å². The lowest BCUT2D eigenvalue weighted by Gasteiger charge is -2.20. The fourth-order valence-corrected chi connectivity index (χ4v) is 4.03. The van der Waals surface area contributed by atoms with Crippen LogP contribution in [0.5, 0.6) is 0 Å². The van der Waals surface area contributed by atoms with Crippen molar-refractivity contribution < 1.29 is 4.79 Å². The van der Waals surface area contributed by atoms with Crippen LogP contribution in [0.15, 0.2) is 6.07 Å². The number of nitrogens with zero attached hydrogens (tertiary/aromatic N) is 4. The van der Waals surface area contributed by atoms with Gasteiger partial charge in [0.05, 0.1) is 5.88 Å². The number of carbonyl (C=O) groups excluding carboxylic acids is 1. The van der Waals surface area contributed by atoms with Gasteiger partial charge in [-0.2, -0.15) is 5.21 Å². The maximum atomic E-state index is 12.7. The van der Waals surface area contributed by atoms with Crippen molar-refractivity contribution in [3.63, 3.8) is 0 Å². The average molecular weight is 290 g/mol. The molecule has 2 aromatic rings. The highest BCUT2D eigenvalue weighted by Crippen LogP contribution is 2.33. The molecule has 1 unspecified atom stereocenters. The van der Waals surface area contributed by atoms with Crippen LogP contribution in [0.1, 0.15) is 40.0 Å². The SMILES string of the molecule is O=C(c1cc2c([nH]1)CCC2)N1CSCC1c1nn[nH]n1. The molecule has 0 radical (unpaired) electrons. The fourth-order valence-electron chi connectivity index (χ4n) is 2.88. The van der Waals surface area contributed by atoms with E-state index in [4.69, 9.17) is 0 Å².